The van der Waals surface area contributed by atoms with E-state index in [0.29, 0.717) is 32.4 Å². The SMILES string of the molecule is CC1(C)CN(C2CCCN(C(=O)c3cc(NC(=O)CCl)cc(C(F)(F)F)c3)CC2)C(=O)O1. The molecule has 2 fully saturated rings. The predicted octanol–water partition coefficient (Wildman–Crippen LogP) is 4.11. The Morgan fingerprint density at radius 1 is 1.22 bits per heavy atom. The van der Waals surface area contributed by atoms with Gasteiger partial charge >= 0.3 is 12.3 Å². The maximum absolute atomic E-state index is 13.3. The number of benzene rings is 1. The number of ether oxygens (including phenoxy) is 1. The molecule has 2 heterocycles. The molecule has 0 aliphatic carbocycles. The van der Waals surface area contributed by atoms with Crippen LogP contribution in [0.3, 0.4) is 0 Å². The monoisotopic (exact) mass is 475 g/mol. The van der Waals surface area contributed by atoms with E-state index in [1.165, 1.54) is 11.0 Å². The molecular weight excluding hydrogens is 451 g/mol. The number of hydrogen-bond acceptors (Lipinski definition) is 4. The molecule has 2 aliphatic heterocycles. The highest BCUT2D eigenvalue weighted by Gasteiger charge is 2.41. The molecule has 0 aromatic heterocycles. The van der Waals surface area contributed by atoms with Gasteiger partial charge in [-0.05, 0) is 51.3 Å². The topological polar surface area (TPSA) is 79.0 Å². The normalized spacial score (nSPS) is 21.2. The molecule has 32 heavy (non-hydrogen) atoms. The molecule has 1 aromatic carbocycles. The zero-order valence-corrected chi connectivity index (χ0v) is 18.6. The van der Waals surface area contributed by atoms with Gasteiger partial charge in [0, 0.05) is 30.4 Å². The molecule has 2 saturated heterocycles. The third-order valence-corrected chi connectivity index (χ3v) is 5.73. The number of alkyl halides is 4. The summed E-state index contributed by atoms with van der Waals surface area (Å²) < 4.78 is 45.4. The third-order valence-electron chi connectivity index (χ3n) is 5.49. The molecule has 0 bridgehead atoms. The molecule has 3 rings (SSSR count). The van der Waals surface area contributed by atoms with Gasteiger partial charge in [0.15, 0.2) is 0 Å². The van der Waals surface area contributed by atoms with Crippen molar-refractivity contribution in [2.45, 2.75) is 50.9 Å². The molecular formula is C21H25ClF3N3O4. The Bertz CT molecular complexity index is 907. The van der Waals surface area contributed by atoms with E-state index < -0.39 is 41.1 Å². The third kappa shape index (κ3) is 5.65. The molecule has 11 heteroatoms. The van der Waals surface area contributed by atoms with Gasteiger partial charge in [-0.15, -0.1) is 11.6 Å². The lowest BCUT2D eigenvalue weighted by Gasteiger charge is -2.25. The van der Waals surface area contributed by atoms with E-state index >= 15 is 0 Å². The summed E-state index contributed by atoms with van der Waals surface area (Å²) in [5.74, 6) is -1.67. The molecule has 7 nitrogen and oxygen atoms in total. The van der Waals surface area contributed by atoms with Crippen molar-refractivity contribution >= 4 is 35.2 Å². The fraction of sp³-hybridized carbons (Fsp3) is 0.571. The summed E-state index contributed by atoms with van der Waals surface area (Å²) in [5, 5.41) is 2.27. The molecule has 1 atom stereocenters. The highest BCUT2D eigenvalue weighted by atomic mass is 35.5. The van der Waals surface area contributed by atoms with Crippen molar-refractivity contribution in [3.63, 3.8) is 0 Å². The number of rotatable bonds is 4. The molecule has 0 radical (unpaired) electrons. The summed E-state index contributed by atoms with van der Waals surface area (Å²) in [6, 6.07) is 2.65. The van der Waals surface area contributed by atoms with Crippen LogP contribution in [0.2, 0.25) is 0 Å². The Hall–Kier alpha value is -2.49. The Labute approximate surface area is 188 Å². The van der Waals surface area contributed by atoms with Gasteiger partial charge in [-0.25, -0.2) is 4.79 Å². The number of carbonyl (C=O) groups excluding carboxylic acids is 3. The maximum Gasteiger partial charge on any atom is 0.416 e. The van der Waals surface area contributed by atoms with E-state index in [0.717, 1.165) is 12.1 Å². The second kappa shape index (κ2) is 9.17. The summed E-state index contributed by atoms with van der Waals surface area (Å²) in [4.78, 5) is 39.9. The first-order valence-corrected chi connectivity index (χ1v) is 10.8. The highest BCUT2D eigenvalue weighted by molar-refractivity contribution is 6.29. The lowest BCUT2D eigenvalue weighted by atomic mass is 10.1. The Morgan fingerprint density at radius 3 is 2.53 bits per heavy atom. The lowest BCUT2D eigenvalue weighted by Crippen LogP contribution is -2.39. The first-order valence-electron chi connectivity index (χ1n) is 10.3. The molecule has 176 valence electrons. The molecule has 1 N–H and O–H groups in total. The summed E-state index contributed by atoms with van der Waals surface area (Å²) in [6.45, 7) is 4.73. The summed E-state index contributed by atoms with van der Waals surface area (Å²) in [5.41, 5.74) is -1.95. The number of nitrogens with zero attached hydrogens (tertiary/aromatic N) is 2. The van der Waals surface area contributed by atoms with Gasteiger partial charge in [0.1, 0.15) is 11.5 Å². The standard InChI is InChI=1S/C21H25ClF3N3O4/c1-20(2)12-28(19(31)32-20)16-4-3-6-27(7-5-16)18(30)13-8-14(21(23,24)25)10-15(9-13)26-17(29)11-22/h8-10,16H,3-7,11-12H2,1-2H3,(H,26,29). The number of halogens is 4. The van der Waals surface area contributed by atoms with Crippen LogP contribution in [-0.2, 0) is 15.7 Å². The number of nitrogens with one attached hydrogen (secondary N) is 1. The summed E-state index contributed by atoms with van der Waals surface area (Å²) in [7, 11) is 0. The van der Waals surface area contributed by atoms with Crippen molar-refractivity contribution in [3.8, 4) is 0 Å². The maximum atomic E-state index is 13.3. The van der Waals surface area contributed by atoms with Crippen LogP contribution in [0.25, 0.3) is 0 Å². The van der Waals surface area contributed by atoms with Gasteiger partial charge in [0.25, 0.3) is 5.91 Å². The van der Waals surface area contributed by atoms with Gasteiger partial charge in [-0.1, -0.05) is 0 Å². The second-order valence-corrected chi connectivity index (χ2v) is 8.88. The van der Waals surface area contributed by atoms with Crippen molar-refractivity contribution in [2.24, 2.45) is 0 Å². The predicted molar refractivity (Wildman–Crippen MR) is 112 cm³/mol. The van der Waals surface area contributed by atoms with Crippen LogP contribution in [0.4, 0.5) is 23.7 Å². The van der Waals surface area contributed by atoms with Gasteiger partial charge in [-0.2, -0.15) is 13.2 Å². The van der Waals surface area contributed by atoms with E-state index in [9.17, 15) is 27.6 Å². The fourth-order valence-corrected chi connectivity index (χ4v) is 4.10. The van der Waals surface area contributed by atoms with Crippen LogP contribution in [-0.4, -0.2) is 64.9 Å². The Morgan fingerprint density at radius 2 is 1.94 bits per heavy atom. The minimum atomic E-state index is -4.69. The van der Waals surface area contributed by atoms with Crippen LogP contribution in [0.1, 0.15) is 49.0 Å². The first-order chi connectivity index (χ1) is 14.9. The first kappa shape index (κ1) is 24.2. The number of carbonyl (C=O) groups is 3. The van der Waals surface area contributed by atoms with Crippen LogP contribution < -0.4 is 5.32 Å². The van der Waals surface area contributed by atoms with Crippen LogP contribution in [0, 0.1) is 0 Å². The number of likely N-dealkylation sites (tertiary alicyclic amines) is 1. The molecule has 3 amide bonds. The fourth-order valence-electron chi connectivity index (χ4n) is 4.04. The minimum absolute atomic E-state index is 0.109. The zero-order chi connectivity index (χ0) is 23.7. The van der Waals surface area contributed by atoms with Crippen molar-refractivity contribution in [3.05, 3.63) is 29.3 Å². The van der Waals surface area contributed by atoms with Gasteiger partial charge in [0.05, 0.1) is 12.1 Å². The van der Waals surface area contributed by atoms with E-state index in [1.807, 2.05) is 13.8 Å². The van der Waals surface area contributed by atoms with Gasteiger partial charge in [0.2, 0.25) is 5.91 Å². The molecule has 0 saturated carbocycles. The second-order valence-electron chi connectivity index (χ2n) is 8.61. The van der Waals surface area contributed by atoms with Crippen molar-refractivity contribution in [2.75, 3.05) is 30.8 Å². The number of amides is 3. The zero-order valence-electron chi connectivity index (χ0n) is 17.8. The number of cyclic esters (lactones) is 1. The van der Waals surface area contributed by atoms with Crippen LogP contribution in [0.15, 0.2) is 18.2 Å². The van der Waals surface area contributed by atoms with Crippen molar-refractivity contribution in [1.29, 1.82) is 0 Å². The van der Waals surface area contributed by atoms with Crippen molar-refractivity contribution in [1.82, 2.24) is 9.80 Å². The summed E-state index contributed by atoms with van der Waals surface area (Å²) in [6.07, 6.45) is -3.34. The lowest BCUT2D eigenvalue weighted by molar-refractivity contribution is -0.137. The highest BCUT2D eigenvalue weighted by Crippen LogP contribution is 2.33. The quantitative estimate of drug-likeness (QED) is 0.665. The largest absolute Gasteiger partial charge is 0.441 e. The number of hydrogen-bond donors (Lipinski definition) is 1. The minimum Gasteiger partial charge on any atom is -0.441 e. The molecule has 2 aliphatic rings. The van der Waals surface area contributed by atoms with E-state index in [4.69, 9.17) is 16.3 Å². The average Bonchev–Trinajstić information content (AvgIpc) is 2.86. The molecule has 0 spiro atoms. The Kier molecular flexibility index (Phi) is 6.92. The van der Waals surface area contributed by atoms with Crippen LogP contribution in [0.5, 0.6) is 0 Å². The smallest absolute Gasteiger partial charge is 0.416 e. The van der Waals surface area contributed by atoms with Crippen molar-refractivity contribution < 1.29 is 32.3 Å². The van der Waals surface area contributed by atoms with E-state index in [1.54, 1.807) is 4.90 Å². The Balaban J connectivity index is 1.77. The number of anilines is 1. The average molecular weight is 476 g/mol. The van der Waals surface area contributed by atoms with E-state index in [2.05, 4.69) is 5.32 Å². The van der Waals surface area contributed by atoms with E-state index in [-0.39, 0.29) is 23.8 Å². The van der Waals surface area contributed by atoms with Crippen LogP contribution >= 0.6 is 11.6 Å². The van der Waals surface area contributed by atoms with Gasteiger partial charge < -0.3 is 19.9 Å². The summed E-state index contributed by atoms with van der Waals surface area (Å²) >= 11 is 5.42. The molecule has 1 aromatic rings. The molecule has 1 unspecified atom stereocenters. The van der Waals surface area contributed by atoms with Gasteiger partial charge in [-0.3, -0.25) is 9.59 Å².